The van der Waals surface area contributed by atoms with Crippen molar-refractivity contribution in [3.8, 4) is 0 Å². The summed E-state index contributed by atoms with van der Waals surface area (Å²) in [4.78, 5) is 29.6. The van der Waals surface area contributed by atoms with E-state index in [0.717, 1.165) is 6.07 Å². The summed E-state index contributed by atoms with van der Waals surface area (Å²) in [5, 5.41) is 32.4. The Hall–Kier alpha value is -3.01. The van der Waals surface area contributed by atoms with E-state index in [9.17, 15) is 25.3 Å². The molecule has 1 aliphatic rings. The molecule has 0 radical (unpaired) electrons. The number of nitrogens with one attached hydrogen (secondary N) is 1. The zero-order valence-electron chi connectivity index (χ0n) is 13.2. The number of piperidine rings is 1. The van der Waals surface area contributed by atoms with E-state index in [1.54, 1.807) is 12.4 Å². The summed E-state index contributed by atoms with van der Waals surface area (Å²) in [6.07, 6.45) is 3.79. The number of aromatic amines is 1. The number of nitrogens with zero attached hydrogens (tertiary/aromatic N) is 4. The molecular weight excluding hydrogens is 330 g/mol. The molecule has 2 aromatic rings. The van der Waals surface area contributed by atoms with E-state index in [4.69, 9.17) is 0 Å². The van der Waals surface area contributed by atoms with Crippen molar-refractivity contribution in [3.63, 3.8) is 0 Å². The Bertz CT molecular complexity index is 771. The highest BCUT2D eigenvalue weighted by molar-refractivity contribution is 5.67. The van der Waals surface area contributed by atoms with Gasteiger partial charge in [0.2, 0.25) is 0 Å². The molecule has 1 fully saturated rings. The predicted octanol–water partition coefficient (Wildman–Crippen LogP) is 2.18. The average Bonchev–Trinajstić information content (AvgIpc) is 3.15. The lowest BCUT2D eigenvalue weighted by molar-refractivity contribution is -0.393. The van der Waals surface area contributed by atoms with Crippen LogP contribution < -0.4 is 4.90 Å². The Kier molecular flexibility index (Phi) is 4.61. The zero-order chi connectivity index (χ0) is 18.0. The van der Waals surface area contributed by atoms with Crippen molar-refractivity contribution in [2.24, 2.45) is 5.92 Å². The highest BCUT2D eigenvalue weighted by atomic mass is 16.6. The molecule has 1 aromatic heterocycles. The van der Waals surface area contributed by atoms with Crippen molar-refractivity contribution in [3.05, 3.63) is 56.6 Å². The van der Waals surface area contributed by atoms with Gasteiger partial charge in [0, 0.05) is 31.5 Å². The summed E-state index contributed by atoms with van der Waals surface area (Å²) in [5.41, 5.74) is -0.223. The minimum absolute atomic E-state index is 0.000459. The van der Waals surface area contributed by atoms with E-state index in [1.165, 1.54) is 12.1 Å². The predicted molar refractivity (Wildman–Crippen MR) is 88.2 cm³/mol. The van der Waals surface area contributed by atoms with E-state index >= 15 is 0 Å². The second-order valence-electron chi connectivity index (χ2n) is 5.93. The molecule has 0 bridgehead atoms. The summed E-state index contributed by atoms with van der Waals surface area (Å²) in [7, 11) is 0. The highest BCUT2D eigenvalue weighted by Crippen LogP contribution is 2.36. The molecule has 10 nitrogen and oxygen atoms in total. The van der Waals surface area contributed by atoms with Gasteiger partial charge in [-0.1, -0.05) is 0 Å². The fourth-order valence-corrected chi connectivity index (χ4v) is 3.16. The monoisotopic (exact) mass is 347 g/mol. The Morgan fingerprint density at radius 3 is 2.52 bits per heavy atom. The van der Waals surface area contributed by atoms with Crippen LogP contribution in [-0.2, 0) is 0 Å². The van der Waals surface area contributed by atoms with Crippen LogP contribution in [0.25, 0.3) is 0 Å². The molecule has 0 saturated carbocycles. The highest BCUT2D eigenvalue weighted by Gasteiger charge is 2.30. The van der Waals surface area contributed by atoms with Crippen molar-refractivity contribution in [1.29, 1.82) is 0 Å². The first-order valence-corrected chi connectivity index (χ1v) is 7.82. The van der Waals surface area contributed by atoms with Crippen LogP contribution in [0.1, 0.15) is 24.8 Å². The van der Waals surface area contributed by atoms with Gasteiger partial charge in [-0.05, 0) is 24.8 Å². The number of nitro benzene ring substituents is 2. The van der Waals surface area contributed by atoms with Gasteiger partial charge in [-0.15, -0.1) is 0 Å². The van der Waals surface area contributed by atoms with Gasteiger partial charge in [0.15, 0.2) is 0 Å². The molecule has 1 atom stereocenters. The Morgan fingerprint density at radius 1 is 1.24 bits per heavy atom. The third kappa shape index (κ3) is 3.43. The van der Waals surface area contributed by atoms with Crippen LogP contribution in [0.5, 0.6) is 0 Å². The second-order valence-corrected chi connectivity index (χ2v) is 5.93. The van der Waals surface area contributed by atoms with Gasteiger partial charge in [-0.25, -0.2) is 4.98 Å². The van der Waals surface area contributed by atoms with Crippen molar-refractivity contribution in [2.75, 3.05) is 18.0 Å². The van der Waals surface area contributed by atoms with Crippen LogP contribution in [-0.4, -0.2) is 38.0 Å². The van der Waals surface area contributed by atoms with Crippen LogP contribution in [0.4, 0.5) is 17.1 Å². The van der Waals surface area contributed by atoms with Gasteiger partial charge in [0.05, 0.1) is 15.9 Å². The maximum absolute atomic E-state index is 11.3. The number of anilines is 1. The molecule has 3 rings (SSSR count). The summed E-state index contributed by atoms with van der Waals surface area (Å²) in [6.45, 7) is 1.03. The Morgan fingerprint density at radius 2 is 1.96 bits per heavy atom. The van der Waals surface area contributed by atoms with Gasteiger partial charge in [0.25, 0.3) is 11.4 Å². The fourth-order valence-electron chi connectivity index (χ4n) is 3.16. The number of H-pyrrole nitrogens is 1. The van der Waals surface area contributed by atoms with Crippen molar-refractivity contribution >= 4 is 17.1 Å². The van der Waals surface area contributed by atoms with Crippen LogP contribution in [0, 0.1) is 26.1 Å². The Balaban J connectivity index is 1.74. The second kappa shape index (κ2) is 6.85. The van der Waals surface area contributed by atoms with E-state index in [1.807, 2.05) is 4.90 Å². The first kappa shape index (κ1) is 16.8. The molecular formula is C15H17N5O5. The van der Waals surface area contributed by atoms with Gasteiger partial charge >= 0.3 is 0 Å². The number of rotatable bonds is 5. The quantitative estimate of drug-likeness (QED) is 0.624. The number of hydrogen-bond donors (Lipinski definition) is 2. The molecule has 132 valence electrons. The molecule has 1 aliphatic heterocycles. The minimum atomic E-state index is -0.705. The first-order chi connectivity index (χ1) is 12.0. The summed E-state index contributed by atoms with van der Waals surface area (Å²) < 4.78 is 0. The van der Waals surface area contributed by atoms with Gasteiger partial charge in [0.1, 0.15) is 17.6 Å². The van der Waals surface area contributed by atoms with E-state index in [0.29, 0.717) is 37.4 Å². The molecule has 1 saturated heterocycles. The van der Waals surface area contributed by atoms with Crippen LogP contribution in [0.2, 0.25) is 0 Å². The van der Waals surface area contributed by atoms with Crippen molar-refractivity contribution in [2.45, 2.75) is 18.9 Å². The third-order valence-electron chi connectivity index (χ3n) is 4.49. The average molecular weight is 347 g/mol. The van der Waals surface area contributed by atoms with Crippen molar-refractivity contribution < 1.29 is 15.0 Å². The number of nitro groups is 2. The van der Waals surface area contributed by atoms with E-state index in [2.05, 4.69) is 9.97 Å². The number of non-ortho nitro benzene ring substituents is 1. The molecule has 2 heterocycles. The number of aromatic nitrogens is 2. The lowest BCUT2D eigenvalue weighted by Crippen LogP contribution is -2.36. The fraction of sp³-hybridized carbons (Fsp3) is 0.400. The number of imidazole rings is 1. The van der Waals surface area contributed by atoms with Gasteiger partial charge in [-0.3, -0.25) is 20.2 Å². The van der Waals surface area contributed by atoms with E-state index in [-0.39, 0.29) is 17.3 Å². The summed E-state index contributed by atoms with van der Waals surface area (Å²) in [6, 6.07) is 3.67. The maximum Gasteiger partial charge on any atom is 0.299 e. The lowest BCUT2D eigenvalue weighted by Gasteiger charge is -2.34. The SMILES string of the molecule is O=[N+]([O-])c1ccc(N2CCC(C(O)c3ncc[nH]3)CC2)c([N+](=O)[O-])c1. The van der Waals surface area contributed by atoms with Crippen LogP contribution in [0.15, 0.2) is 30.6 Å². The molecule has 25 heavy (non-hydrogen) atoms. The molecule has 1 unspecified atom stereocenters. The molecule has 0 spiro atoms. The molecule has 2 N–H and O–H groups in total. The number of aliphatic hydroxyl groups excluding tert-OH is 1. The summed E-state index contributed by atoms with van der Waals surface area (Å²) >= 11 is 0. The lowest BCUT2D eigenvalue weighted by atomic mass is 9.90. The largest absolute Gasteiger partial charge is 0.385 e. The van der Waals surface area contributed by atoms with Crippen molar-refractivity contribution in [1.82, 2.24) is 9.97 Å². The zero-order valence-corrected chi connectivity index (χ0v) is 13.2. The topological polar surface area (TPSA) is 138 Å². The first-order valence-electron chi connectivity index (χ1n) is 7.82. The van der Waals surface area contributed by atoms with Crippen LogP contribution >= 0.6 is 0 Å². The molecule has 10 heteroatoms. The molecule has 1 aromatic carbocycles. The van der Waals surface area contributed by atoms with Gasteiger partial charge in [-0.2, -0.15) is 0 Å². The third-order valence-corrected chi connectivity index (χ3v) is 4.49. The van der Waals surface area contributed by atoms with Gasteiger partial charge < -0.3 is 15.0 Å². The van der Waals surface area contributed by atoms with E-state index < -0.39 is 16.0 Å². The number of benzene rings is 1. The standard InChI is InChI=1S/C15H17N5O5/c21-14(15-16-5-6-17-15)10-3-7-18(8-4-10)12-2-1-11(19(22)23)9-13(12)20(24)25/h1-2,5-6,9-10,14,21H,3-4,7-8H2,(H,16,17). The number of aliphatic hydroxyl groups is 1. The van der Waals surface area contributed by atoms with Crippen LogP contribution in [0.3, 0.4) is 0 Å². The molecule has 0 aliphatic carbocycles. The maximum atomic E-state index is 11.3. The minimum Gasteiger partial charge on any atom is -0.385 e. The Labute approximate surface area is 142 Å². The molecule has 0 amide bonds. The number of hydrogen-bond acceptors (Lipinski definition) is 7. The summed E-state index contributed by atoms with van der Waals surface area (Å²) in [5.74, 6) is 0.513. The normalized spacial score (nSPS) is 16.6. The smallest absolute Gasteiger partial charge is 0.299 e.